The Bertz CT molecular complexity index is 786. The monoisotopic (exact) mass is 350 g/mol. The van der Waals surface area contributed by atoms with Crippen LogP contribution in [0.1, 0.15) is 77.0 Å². The first-order valence-corrected chi connectivity index (χ1v) is 10.2. The summed E-state index contributed by atoms with van der Waals surface area (Å²) in [7, 11) is 2.17. The first kappa shape index (κ1) is 19.1. The highest BCUT2D eigenvalue weighted by Gasteiger charge is 2.33. The van der Waals surface area contributed by atoms with Crippen LogP contribution in [0.5, 0.6) is 0 Å². The molecule has 0 radical (unpaired) electrons. The van der Waals surface area contributed by atoms with Crippen molar-refractivity contribution in [2.45, 2.75) is 78.1 Å². The van der Waals surface area contributed by atoms with Gasteiger partial charge in [0.2, 0.25) is 5.69 Å². The summed E-state index contributed by atoms with van der Waals surface area (Å²) in [5.74, 6) is 0.829. The van der Waals surface area contributed by atoms with Gasteiger partial charge in [0.15, 0.2) is 6.20 Å². The molecule has 0 saturated heterocycles. The molecule has 1 saturated carbocycles. The molecule has 1 aliphatic carbocycles. The van der Waals surface area contributed by atoms with Crippen LogP contribution in [0.4, 0.5) is 0 Å². The summed E-state index contributed by atoms with van der Waals surface area (Å²) in [6.07, 6.45) is 7.86. The third-order valence-electron chi connectivity index (χ3n) is 6.62. The lowest BCUT2D eigenvalue weighted by Crippen LogP contribution is -2.33. The molecule has 2 aromatic rings. The lowest BCUT2D eigenvalue weighted by atomic mass is 9.72. The van der Waals surface area contributed by atoms with Gasteiger partial charge in [-0.05, 0) is 59.8 Å². The van der Waals surface area contributed by atoms with Gasteiger partial charge in [-0.15, -0.1) is 0 Å². The summed E-state index contributed by atoms with van der Waals surface area (Å²) in [6, 6.07) is 11.7. The van der Waals surface area contributed by atoms with E-state index in [1.165, 1.54) is 53.6 Å². The van der Waals surface area contributed by atoms with Crippen molar-refractivity contribution in [2.24, 2.45) is 13.0 Å². The van der Waals surface area contributed by atoms with Crippen LogP contribution in [0, 0.1) is 12.8 Å². The van der Waals surface area contributed by atoms with Gasteiger partial charge >= 0.3 is 0 Å². The molecule has 1 aromatic heterocycles. The Hall–Kier alpha value is -1.63. The minimum absolute atomic E-state index is 0.181. The maximum Gasteiger partial charge on any atom is 0.212 e. The van der Waals surface area contributed by atoms with E-state index in [4.69, 9.17) is 0 Å². The zero-order chi connectivity index (χ0) is 19.1. The summed E-state index contributed by atoms with van der Waals surface area (Å²) in [4.78, 5) is 0. The number of pyridine rings is 1. The lowest BCUT2D eigenvalue weighted by molar-refractivity contribution is -0.661. The first-order chi connectivity index (χ1) is 12.1. The van der Waals surface area contributed by atoms with Crippen molar-refractivity contribution in [1.29, 1.82) is 0 Å². The van der Waals surface area contributed by atoms with E-state index in [-0.39, 0.29) is 10.8 Å². The van der Waals surface area contributed by atoms with Crippen LogP contribution < -0.4 is 4.57 Å². The van der Waals surface area contributed by atoms with Crippen molar-refractivity contribution in [3.8, 4) is 11.3 Å². The molecule has 0 aliphatic heterocycles. The van der Waals surface area contributed by atoms with E-state index in [0.29, 0.717) is 0 Å². The second-order valence-electron chi connectivity index (χ2n) is 9.90. The molecule has 0 bridgehead atoms. The molecule has 0 atom stereocenters. The minimum atomic E-state index is 0.181. The minimum Gasteiger partial charge on any atom is -0.201 e. The Morgan fingerprint density at radius 1 is 0.885 bits per heavy atom. The van der Waals surface area contributed by atoms with Crippen molar-refractivity contribution in [1.82, 2.24) is 0 Å². The Labute approximate surface area is 160 Å². The van der Waals surface area contributed by atoms with Crippen molar-refractivity contribution >= 4 is 0 Å². The molecule has 140 valence electrons. The quantitative estimate of drug-likeness (QED) is 0.576. The van der Waals surface area contributed by atoms with Crippen LogP contribution in [0.2, 0.25) is 0 Å². The highest BCUT2D eigenvalue weighted by molar-refractivity contribution is 5.62. The molecule has 1 nitrogen and oxygen atoms in total. The highest BCUT2D eigenvalue weighted by atomic mass is 14.9. The largest absolute Gasteiger partial charge is 0.212 e. The normalized spacial score (nSPS) is 16.3. The Kier molecular flexibility index (Phi) is 5.03. The Morgan fingerprint density at radius 3 is 2.04 bits per heavy atom. The van der Waals surface area contributed by atoms with E-state index in [1.54, 1.807) is 0 Å². The molecule has 1 aliphatic rings. The third-order valence-corrected chi connectivity index (χ3v) is 6.62. The molecule has 1 heteroatoms. The smallest absolute Gasteiger partial charge is 0.201 e. The van der Waals surface area contributed by atoms with Gasteiger partial charge in [0.05, 0.1) is 0 Å². The molecule has 26 heavy (non-hydrogen) atoms. The molecule has 1 heterocycles. The molecule has 3 rings (SSSR count). The van der Waals surface area contributed by atoms with E-state index < -0.39 is 0 Å². The number of hydrogen-bond acceptors (Lipinski definition) is 0. The second kappa shape index (κ2) is 6.83. The van der Waals surface area contributed by atoms with Crippen molar-refractivity contribution in [3.05, 3.63) is 53.2 Å². The van der Waals surface area contributed by atoms with Gasteiger partial charge < -0.3 is 0 Å². The fourth-order valence-corrected chi connectivity index (χ4v) is 4.57. The fourth-order valence-electron chi connectivity index (χ4n) is 4.57. The molecule has 1 fully saturated rings. The zero-order valence-electron chi connectivity index (χ0n) is 17.8. The van der Waals surface area contributed by atoms with Crippen molar-refractivity contribution in [3.63, 3.8) is 0 Å². The average molecular weight is 351 g/mol. The lowest BCUT2D eigenvalue weighted by Gasteiger charge is -2.32. The number of aryl methyl sites for hydroxylation is 2. The number of nitrogens with zero attached hydrogens (tertiary/aromatic N) is 1. The number of aromatic nitrogens is 1. The van der Waals surface area contributed by atoms with Crippen LogP contribution in [0.25, 0.3) is 11.3 Å². The SMILES string of the molecule is Cc1cc(C(C)(C)C2CCCC2)ccc1-c1ccc(C(C)(C)C)c[n+]1C. The van der Waals surface area contributed by atoms with E-state index in [0.717, 1.165) is 5.92 Å². The van der Waals surface area contributed by atoms with E-state index >= 15 is 0 Å². The Balaban J connectivity index is 1.95. The predicted octanol–water partition coefficient (Wildman–Crippen LogP) is 6.25. The standard InChI is InChI=1S/C25H36N/c1-18-16-20(25(5,6)19-10-8-9-11-19)12-14-22(18)23-15-13-21(17-26(23)7)24(2,3)4/h12-17,19H,8-11H2,1-7H3/q+1. The maximum atomic E-state index is 2.44. The van der Waals surface area contributed by atoms with E-state index in [2.05, 4.69) is 89.7 Å². The molecule has 1 aromatic carbocycles. The summed E-state index contributed by atoms with van der Waals surface area (Å²) in [6.45, 7) is 14.0. The molecular formula is C25H36N+. The topological polar surface area (TPSA) is 3.88 Å². The number of rotatable bonds is 3. The van der Waals surface area contributed by atoms with Gasteiger partial charge in [-0.3, -0.25) is 0 Å². The fraction of sp³-hybridized carbons (Fsp3) is 0.560. The van der Waals surface area contributed by atoms with Gasteiger partial charge in [-0.2, -0.15) is 0 Å². The summed E-state index contributed by atoms with van der Waals surface area (Å²) in [5.41, 5.74) is 7.35. The van der Waals surface area contributed by atoms with Crippen molar-refractivity contribution in [2.75, 3.05) is 0 Å². The van der Waals surface area contributed by atoms with Crippen LogP contribution in [-0.4, -0.2) is 0 Å². The average Bonchev–Trinajstić information content (AvgIpc) is 3.09. The highest BCUT2D eigenvalue weighted by Crippen LogP contribution is 2.42. The van der Waals surface area contributed by atoms with Crippen LogP contribution in [-0.2, 0) is 17.9 Å². The van der Waals surface area contributed by atoms with Gasteiger partial charge in [0, 0.05) is 17.2 Å². The molecule has 0 N–H and O–H groups in total. The van der Waals surface area contributed by atoms with Crippen LogP contribution in [0.3, 0.4) is 0 Å². The zero-order valence-corrected chi connectivity index (χ0v) is 17.8. The summed E-state index contributed by atoms with van der Waals surface area (Å²) >= 11 is 0. The van der Waals surface area contributed by atoms with E-state index in [9.17, 15) is 0 Å². The van der Waals surface area contributed by atoms with Gasteiger partial charge in [0.1, 0.15) is 7.05 Å². The van der Waals surface area contributed by atoms with Crippen LogP contribution in [0.15, 0.2) is 36.5 Å². The molecule has 0 unspecified atom stereocenters. The molecule has 0 spiro atoms. The van der Waals surface area contributed by atoms with Gasteiger partial charge in [-0.25, -0.2) is 4.57 Å². The van der Waals surface area contributed by atoms with Gasteiger partial charge in [0.25, 0.3) is 0 Å². The maximum absolute atomic E-state index is 2.44. The second-order valence-corrected chi connectivity index (χ2v) is 9.90. The van der Waals surface area contributed by atoms with Crippen molar-refractivity contribution < 1.29 is 4.57 Å². The van der Waals surface area contributed by atoms with E-state index in [1.807, 2.05) is 0 Å². The third kappa shape index (κ3) is 3.59. The summed E-state index contributed by atoms with van der Waals surface area (Å²) < 4.78 is 2.28. The number of hydrogen-bond donors (Lipinski definition) is 0. The number of benzene rings is 1. The summed E-state index contributed by atoms with van der Waals surface area (Å²) in [5, 5.41) is 0. The first-order valence-electron chi connectivity index (χ1n) is 10.2. The molecular weight excluding hydrogens is 314 g/mol. The van der Waals surface area contributed by atoms with Gasteiger partial charge in [-0.1, -0.05) is 59.6 Å². The van der Waals surface area contributed by atoms with Crippen LogP contribution >= 0.6 is 0 Å². The predicted molar refractivity (Wildman–Crippen MR) is 111 cm³/mol. The molecule has 0 amide bonds. The Morgan fingerprint density at radius 2 is 1.50 bits per heavy atom.